The van der Waals surface area contributed by atoms with Crippen molar-refractivity contribution in [2.45, 2.75) is 26.8 Å². The summed E-state index contributed by atoms with van der Waals surface area (Å²) >= 11 is 8.69. The van der Waals surface area contributed by atoms with Crippen molar-refractivity contribution in [1.82, 2.24) is 16.1 Å². The van der Waals surface area contributed by atoms with Crippen molar-refractivity contribution >= 4 is 57.3 Å². The number of esters is 2. The van der Waals surface area contributed by atoms with Crippen molar-refractivity contribution in [2.24, 2.45) is 5.10 Å². The van der Waals surface area contributed by atoms with Gasteiger partial charge in [-0.25, -0.2) is 15.0 Å². The van der Waals surface area contributed by atoms with E-state index in [2.05, 4.69) is 37.1 Å². The Labute approximate surface area is 256 Å². The number of carbonyl (C=O) groups is 3. The van der Waals surface area contributed by atoms with Gasteiger partial charge in [0.2, 0.25) is 0 Å². The Bertz CT molecular complexity index is 1400. The van der Waals surface area contributed by atoms with Gasteiger partial charge in [0.15, 0.2) is 29.8 Å². The molecule has 0 saturated heterocycles. The van der Waals surface area contributed by atoms with Crippen molar-refractivity contribution in [1.29, 1.82) is 0 Å². The molecule has 1 amide bonds. The first kappa shape index (κ1) is 32.3. The number of hydrogen-bond acceptors (Lipinski definition) is 10. The maximum atomic E-state index is 12.7. The molecule has 0 saturated carbocycles. The van der Waals surface area contributed by atoms with E-state index in [9.17, 15) is 14.4 Å². The second kappa shape index (κ2) is 15.7. The number of hydrazone groups is 1. The van der Waals surface area contributed by atoms with E-state index in [0.717, 1.165) is 0 Å². The Hall–Kier alpha value is -4.17. The highest BCUT2D eigenvalue weighted by atomic mass is 79.9. The number of amides is 1. The molecule has 3 N–H and O–H groups in total. The zero-order chi connectivity index (χ0) is 30.6. The number of nitrogens with zero attached hydrogens (tertiary/aromatic N) is 1. The molecule has 0 aliphatic carbocycles. The minimum atomic E-state index is -0.646. The van der Waals surface area contributed by atoms with Crippen molar-refractivity contribution < 1.29 is 38.1 Å². The summed E-state index contributed by atoms with van der Waals surface area (Å²) in [7, 11) is 1.45. The number of methoxy groups -OCH3 is 1. The van der Waals surface area contributed by atoms with Crippen LogP contribution in [-0.2, 0) is 23.9 Å². The lowest BCUT2D eigenvalue weighted by Gasteiger charge is -2.30. The standard InChI is InChI=1S/C28H31BrN4O8S/c1-5-38-23(35)15-41-26-19(29)11-17(12-21(26)37-4)13-30-33-22(34)14-40-20-10-8-7-9-18(20)25-24(27(36)39-6-2)16(3)31-28(42)32-25/h7-13,25H,5-6,14-15H2,1-4H3,(H,33,34)(H2,31,32,42)/t25-/m1/s1. The van der Waals surface area contributed by atoms with Crippen molar-refractivity contribution in [3.63, 3.8) is 0 Å². The summed E-state index contributed by atoms with van der Waals surface area (Å²) in [6, 6.07) is 9.66. The van der Waals surface area contributed by atoms with Gasteiger partial charge in [-0.2, -0.15) is 5.10 Å². The number of para-hydroxylation sites is 1. The summed E-state index contributed by atoms with van der Waals surface area (Å²) < 4.78 is 27.3. The van der Waals surface area contributed by atoms with Crippen LogP contribution >= 0.6 is 28.1 Å². The number of nitrogens with one attached hydrogen (secondary N) is 3. The van der Waals surface area contributed by atoms with Gasteiger partial charge in [-0.05, 0) is 72.7 Å². The minimum absolute atomic E-state index is 0.211. The maximum Gasteiger partial charge on any atom is 0.344 e. The quantitative estimate of drug-likeness (QED) is 0.126. The van der Waals surface area contributed by atoms with Crippen LogP contribution in [0.3, 0.4) is 0 Å². The molecule has 12 nitrogen and oxygen atoms in total. The number of rotatable bonds is 13. The molecule has 0 bridgehead atoms. The number of halogens is 1. The van der Waals surface area contributed by atoms with Gasteiger partial charge in [-0.3, -0.25) is 4.79 Å². The van der Waals surface area contributed by atoms with Crippen LogP contribution in [0.1, 0.15) is 37.9 Å². The first-order valence-electron chi connectivity index (χ1n) is 12.8. The van der Waals surface area contributed by atoms with Crippen LogP contribution < -0.4 is 30.3 Å². The lowest BCUT2D eigenvalue weighted by Crippen LogP contribution is -2.45. The van der Waals surface area contributed by atoms with Crippen molar-refractivity contribution in [3.8, 4) is 17.2 Å². The molecule has 1 aliphatic heterocycles. The van der Waals surface area contributed by atoms with E-state index in [-0.39, 0.29) is 26.4 Å². The highest BCUT2D eigenvalue weighted by Gasteiger charge is 2.32. The zero-order valence-corrected chi connectivity index (χ0v) is 25.8. The maximum absolute atomic E-state index is 12.7. The Balaban J connectivity index is 1.66. The molecule has 2 aromatic carbocycles. The van der Waals surface area contributed by atoms with Gasteiger partial charge in [0.1, 0.15) is 5.75 Å². The summed E-state index contributed by atoms with van der Waals surface area (Å²) in [5.41, 5.74) is 4.51. The monoisotopic (exact) mass is 662 g/mol. The second-order valence-corrected chi connectivity index (χ2v) is 9.80. The zero-order valence-electron chi connectivity index (χ0n) is 23.4. The SMILES string of the molecule is CCOC(=O)COc1c(Br)cc(C=NNC(=O)COc2ccccc2[C@H]2NC(=S)NC(C)=C2C(=O)OCC)cc1OC. The first-order valence-corrected chi connectivity index (χ1v) is 14.0. The third-order valence-corrected chi connectivity index (χ3v) is 6.46. The highest BCUT2D eigenvalue weighted by Crippen LogP contribution is 2.36. The lowest BCUT2D eigenvalue weighted by molar-refractivity contribution is -0.145. The molecule has 1 aliphatic rings. The molecule has 0 fully saturated rings. The molecular formula is C28H31BrN4O8S. The number of carbonyl (C=O) groups excluding carboxylic acids is 3. The van der Waals surface area contributed by atoms with Gasteiger partial charge >= 0.3 is 11.9 Å². The number of hydrogen-bond donors (Lipinski definition) is 3. The molecule has 3 rings (SSSR count). The van der Waals surface area contributed by atoms with Gasteiger partial charge in [0.05, 0.1) is 42.6 Å². The summed E-state index contributed by atoms with van der Waals surface area (Å²) in [6.07, 6.45) is 1.41. The summed E-state index contributed by atoms with van der Waals surface area (Å²) in [5, 5.41) is 10.4. The third-order valence-electron chi connectivity index (χ3n) is 5.65. The predicted octanol–water partition coefficient (Wildman–Crippen LogP) is 3.28. The van der Waals surface area contributed by atoms with Crippen molar-refractivity contribution in [3.05, 3.63) is 63.3 Å². The largest absolute Gasteiger partial charge is 0.493 e. The van der Waals surface area contributed by atoms with E-state index in [1.54, 1.807) is 57.2 Å². The van der Waals surface area contributed by atoms with Gasteiger partial charge in [0.25, 0.3) is 5.91 Å². The van der Waals surface area contributed by atoms with Crippen LogP contribution in [0, 0.1) is 0 Å². The van der Waals surface area contributed by atoms with Crippen LogP contribution in [-0.4, -0.2) is 62.7 Å². The Kier molecular flexibility index (Phi) is 12.1. The van der Waals surface area contributed by atoms with Crippen molar-refractivity contribution in [2.75, 3.05) is 33.5 Å². The van der Waals surface area contributed by atoms with E-state index < -0.39 is 23.9 Å². The molecule has 1 heterocycles. The van der Waals surface area contributed by atoms with E-state index in [4.69, 9.17) is 35.9 Å². The number of ether oxygens (including phenoxy) is 5. The van der Waals surface area contributed by atoms with Crippen LogP contribution in [0.15, 0.2) is 57.2 Å². The summed E-state index contributed by atoms with van der Waals surface area (Å²) in [5.74, 6) is -0.483. The molecule has 1 atom stereocenters. The minimum Gasteiger partial charge on any atom is -0.493 e. The van der Waals surface area contributed by atoms with Crippen LogP contribution in [0.5, 0.6) is 17.2 Å². The number of benzene rings is 2. The van der Waals surface area contributed by atoms with Crippen LogP contribution in [0.25, 0.3) is 0 Å². The molecule has 224 valence electrons. The Morgan fingerprint density at radius 1 is 1.07 bits per heavy atom. The van der Waals surface area contributed by atoms with E-state index in [0.29, 0.717) is 49.2 Å². The molecule has 0 unspecified atom stereocenters. The second-order valence-electron chi connectivity index (χ2n) is 8.54. The van der Waals surface area contributed by atoms with Gasteiger partial charge in [-0.15, -0.1) is 0 Å². The van der Waals surface area contributed by atoms with Crippen LogP contribution in [0.2, 0.25) is 0 Å². The smallest absolute Gasteiger partial charge is 0.344 e. The highest BCUT2D eigenvalue weighted by molar-refractivity contribution is 9.10. The molecular weight excluding hydrogens is 632 g/mol. The van der Waals surface area contributed by atoms with Crippen LogP contribution in [0.4, 0.5) is 0 Å². The first-order chi connectivity index (χ1) is 20.2. The van der Waals surface area contributed by atoms with E-state index >= 15 is 0 Å². The normalized spacial score (nSPS) is 14.5. The summed E-state index contributed by atoms with van der Waals surface area (Å²) in [6.45, 7) is 4.99. The Morgan fingerprint density at radius 3 is 2.52 bits per heavy atom. The fraction of sp³-hybridized carbons (Fsp3) is 0.321. The number of thiocarbonyl (C=S) groups is 1. The number of allylic oxidation sites excluding steroid dienone is 1. The molecule has 42 heavy (non-hydrogen) atoms. The van der Waals surface area contributed by atoms with Gasteiger partial charge < -0.3 is 34.3 Å². The van der Waals surface area contributed by atoms with E-state index in [1.807, 2.05) is 0 Å². The predicted molar refractivity (Wildman–Crippen MR) is 161 cm³/mol. The van der Waals surface area contributed by atoms with Gasteiger partial charge in [-0.1, -0.05) is 18.2 Å². The average Bonchev–Trinajstić information content (AvgIpc) is 2.95. The molecule has 0 radical (unpaired) electrons. The fourth-order valence-electron chi connectivity index (χ4n) is 3.90. The Morgan fingerprint density at radius 2 is 1.81 bits per heavy atom. The molecule has 0 spiro atoms. The lowest BCUT2D eigenvalue weighted by atomic mass is 9.95. The van der Waals surface area contributed by atoms with E-state index in [1.165, 1.54) is 13.3 Å². The molecule has 0 aromatic heterocycles. The van der Waals surface area contributed by atoms with Gasteiger partial charge in [0, 0.05) is 11.3 Å². The molecule has 14 heteroatoms. The molecule has 2 aromatic rings. The fourth-order valence-corrected chi connectivity index (χ4v) is 4.74. The summed E-state index contributed by atoms with van der Waals surface area (Å²) in [4.78, 5) is 36.9. The topological polar surface area (TPSA) is 146 Å². The average molecular weight is 664 g/mol. The third kappa shape index (κ3) is 8.66.